The minimum Gasteiger partial charge on any atom is -0.490 e. The van der Waals surface area contributed by atoms with E-state index in [1.54, 1.807) is 21.7 Å². The number of nitrogens with zero attached hydrogens (tertiary/aromatic N) is 4. The molecule has 40 heavy (non-hydrogen) atoms. The number of hydrogen-bond donors (Lipinski definition) is 1. The van der Waals surface area contributed by atoms with Crippen LogP contribution in [0.25, 0.3) is 11.3 Å². The zero-order valence-electron chi connectivity index (χ0n) is 22.2. The van der Waals surface area contributed by atoms with Crippen molar-refractivity contribution >= 4 is 17.5 Å². The summed E-state index contributed by atoms with van der Waals surface area (Å²) in [6.45, 7) is 4.66. The van der Waals surface area contributed by atoms with Gasteiger partial charge < -0.3 is 19.6 Å². The molecule has 0 spiro atoms. The number of hydrogen-bond acceptors (Lipinski definition) is 5. The van der Waals surface area contributed by atoms with E-state index in [4.69, 9.17) is 21.4 Å². The molecule has 3 heterocycles. The number of alkyl halides is 3. The van der Waals surface area contributed by atoms with Crippen LogP contribution in [0.2, 0.25) is 5.02 Å². The summed E-state index contributed by atoms with van der Waals surface area (Å²) in [7, 11) is 0. The molecular formula is C29H32ClF3N4O3. The second-order valence-corrected chi connectivity index (χ2v) is 10.9. The molecule has 1 amide bonds. The summed E-state index contributed by atoms with van der Waals surface area (Å²) in [5.74, 6) is 0.721. The average molecular weight is 577 g/mol. The van der Waals surface area contributed by atoms with Gasteiger partial charge in [0.2, 0.25) is 5.91 Å². The summed E-state index contributed by atoms with van der Waals surface area (Å²) in [6.07, 6.45) is -2.78. The molecule has 5 rings (SSSR count). The Kier molecular flexibility index (Phi) is 8.39. The van der Waals surface area contributed by atoms with Gasteiger partial charge in [0, 0.05) is 67.9 Å². The molecule has 0 radical (unpaired) electrons. The van der Waals surface area contributed by atoms with E-state index in [-0.39, 0.29) is 18.6 Å². The molecule has 1 fully saturated rings. The van der Waals surface area contributed by atoms with Crippen molar-refractivity contribution in [1.82, 2.24) is 19.6 Å². The third-order valence-electron chi connectivity index (χ3n) is 7.57. The highest BCUT2D eigenvalue weighted by molar-refractivity contribution is 6.30. The number of likely N-dealkylation sites (tertiary alicyclic amines) is 1. The van der Waals surface area contributed by atoms with E-state index in [1.807, 2.05) is 12.1 Å². The lowest BCUT2D eigenvalue weighted by Gasteiger charge is -2.33. The number of carbonyl (C=O) groups is 1. The van der Waals surface area contributed by atoms with Crippen molar-refractivity contribution in [2.24, 2.45) is 0 Å². The fraction of sp³-hybridized carbons (Fsp3) is 0.448. The molecule has 0 saturated carbocycles. The summed E-state index contributed by atoms with van der Waals surface area (Å²) in [6, 6.07) is 12.2. The van der Waals surface area contributed by atoms with E-state index in [2.05, 4.69) is 4.90 Å². The molecule has 0 bridgehead atoms. The number of ether oxygens (including phenoxy) is 1. The molecule has 7 nitrogen and oxygen atoms in total. The van der Waals surface area contributed by atoms with E-state index in [1.165, 1.54) is 19.1 Å². The predicted molar refractivity (Wildman–Crippen MR) is 145 cm³/mol. The topological polar surface area (TPSA) is 70.8 Å². The molecule has 1 saturated heterocycles. The van der Waals surface area contributed by atoms with Gasteiger partial charge in [0.05, 0.1) is 23.9 Å². The lowest BCUT2D eigenvalue weighted by Crippen LogP contribution is -2.43. The minimum atomic E-state index is -4.43. The van der Waals surface area contributed by atoms with Crippen LogP contribution in [0.4, 0.5) is 13.2 Å². The van der Waals surface area contributed by atoms with Gasteiger partial charge in [-0.2, -0.15) is 18.3 Å². The Labute approximate surface area is 236 Å². The lowest BCUT2D eigenvalue weighted by molar-refractivity contribution is -0.137. The number of fused-ring (bicyclic) bond motifs is 1. The number of halogens is 4. The molecule has 1 N–H and O–H groups in total. The predicted octanol–water partition coefficient (Wildman–Crippen LogP) is 5.03. The summed E-state index contributed by atoms with van der Waals surface area (Å²) >= 11 is 5.95. The quantitative estimate of drug-likeness (QED) is 0.427. The number of rotatable bonds is 7. The first kappa shape index (κ1) is 28.4. The highest BCUT2D eigenvalue weighted by Crippen LogP contribution is 2.34. The average Bonchev–Trinajstić information content (AvgIpc) is 3.28. The number of aliphatic hydroxyl groups is 1. The molecule has 2 aliphatic heterocycles. The lowest BCUT2D eigenvalue weighted by atomic mass is 10.00. The fourth-order valence-electron chi connectivity index (χ4n) is 5.43. The van der Waals surface area contributed by atoms with Crippen LogP contribution in [0.15, 0.2) is 48.5 Å². The maximum atomic E-state index is 13.1. The van der Waals surface area contributed by atoms with E-state index in [0.29, 0.717) is 42.3 Å². The van der Waals surface area contributed by atoms with Crippen LogP contribution >= 0.6 is 11.6 Å². The van der Waals surface area contributed by atoms with Crippen molar-refractivity contribution in [2.75, 3.05) is 26.2 Å². The third-order valence-corrected chi connectivity index (χ3v) is 7.82. The summed E-state index contributed by atoms with van der Waals surface area (Å²) in [5, 5.41) is 16.4. The van der Waals surface area contributed by atoms with Crippen LogP contribution in [0.5, 0.6) is 5.75 Å². The smallest absolute Gasteiger partial charge is 0.416 e. The van der Waals surface area contributed by atoms with Gasteiger partial charge in [0.25, 0.3) is 0 Å². The highest BCUT2D eigenvalue weighted by Gasteiger charge is 2.32. The van der Waals surface area contributed by atoms with Gasteiger partial charge in [-0.05, 0) is 49.2 Å². The Morgan fingerprint density at radius 2 is 1.75 bits per heavy atom. The number of piperidine rings is 1. The van der Waals surface area contributed by atoms with Crippen LogP contribution in [0, 0.1) is 0 Å². The van der Waals surface area contributed by atoms with Crippen molar-refractivity contribution in [1.29, 1.82) is 0 Å². The van der Waals surface area contributed by atoms with Crippen molar-refractivity contribution in [2.45, 2.75) is 57.7 Å². The number of aromatic nitrogens is 2. The monoisotopic (exact) mass is 576 g/mol. The number of amides is 1. The van der Waals surface area contributed by atoms with E-state index < -0.39 is 17.8 Å². The van der Waals surface area contributed by atoms with Crippen molar-refractivity contribution < 1.29 is 27.8 Å². The Morgan fingerprint density at radius 3 is 2.38 bits per heavy atom. The van der Waals surface area contributed by atoms with Gasteiger partial charge in [0.15, 0.2) is 0 Å². The van der Waals surface area contributed by atoms with E-state index >= 15 is 0 Å². The second-order valence-electron chi connectivity index (χ2n) is 10.4. The van der Waals surface area contributed by atoms with Gasteiger partial charge in [-0.15, -0.1) is 0 Å². The van der Waals surface area contributed by atoms with Crippen molar-refractivity contribution in [3.8, 4) is 17.0 Å². The Balaban J connectivity index is 1.25. The van der Waals surface area contributed by atoms with Gasteiger partial charge in [-0.3, -0.25) is 9.48 Å². The Morgan fingerprint density at radius 1 is 1.07 bits per heavy atom. The first-order valence-electron chi connectivity index (χ1n) is 13.4. The zero-order valence-corrected chi connectivity index (χ0v) is 23.0. The second kappa shape index (κ2) is 11.8. The standard InChI is InChI=1S/C29H32ClF3N4O3/c1-19(38)36-15-12-27-26(18-36)28(20-2-4-21(5-3-20)29(31,32)33)34-37(27)17-23(39)16-35-13-10-25(11-14-35)40-24-8-6-22(30)7-9-24/h2-9,23,25,39H,10-18H2,1H3. The minimum absolute atomic E-state index is 0.0692. The molecule has 0 aliphatic carbocycles. The van der Waals surface area contributed by atoms with Gasteiger partial charge in [-0.25, -0.2) is 0 Å². The number of aliphatic hydroxyl groups excluding tert-OH is 1. The summed E-state index contributed by atoms with van der Waals surface area (Å²) < 4.78 is 47.1. The zero-order chi connectivity index (χ0) is 28.4. The van der Waals surface area contributed by atoms with Crippen molar-refractivity contribution in [3.05, 3.63) is 70.4 Å². The molecular weight excluding hydrogens is 545 g/mol. The molecule has 11 heteroatoms. The van der Waals surface area contributed by atoms with E-state index in [9.17, 15) is 23.1 Å². The van der Waals surface area contributed by atoms with Crippen LogP contribution < -0.4 is 4.74 Å². The molecule has 3 aromatic rings. The molecule has 1 atom stereocenters. The maximum absolute atomic E-state index is 13.1. The SMILES string of the molecule is CC(=O)N1CCc2c(c(-c3ccc(C(F)(F)F)cc3)nn2CC(O)CN2CCC(Oc3ccc(Cl)cc3)CC2)C1. The number of carbonyl (C=O) groups excluding carboxylic acids is 1. The summed E-state index contributed by atoms with van der Waals surface area (Å²) in [5.41, 5.74) is 2.08. The highest BCUT2D eigenvalue weighted by atomic mass is 35.5. The first-order chi connectivity index (χ1) is 19.1. The Hall–Kier alpha value is -3.08. The van der Waals surface area contributed by atoms with Gasteiger partial charge in [0.1, 0.15) is 11.9 Å². The van der Waals surface area contributed by atoms with Crippen LogP contribution in [0.3, 0.4) is 0 Å². The van der Waals surface area contributed by atoms with Crippen LogP contribution in [0.1, 0.15) is 36.6 Å². The third kappa shape index (κ3) is 6.62. The molecule has 214 valence electrons. The normalized spacial score (nSPS) is 17.5. The maximum Gasteiger partial charge on any atom is 0.416 e. The van der Waals surface area contributed by atoms with Crippen molar-refractivity contribution in [3.63, 3.8) is 0 Å². The number of β-amino-alcohol motifs (C(OH)–C–C–N with tert-alkyl or cyclic N) is 1. The van der Waals surface area contributed by atoms with Crippen LogP contribution in [-0.4, -0.2) is 69.0 Å². The van der Waals surface area contributed by atoms with E-state index in [0.717, 1.165) is 55.1 Å². The number of benzene rings is 2. The molecule has 2 aromatic carbocycles. The molecule has 1 aromatic heterocycles. The van der Waals surface area contributed by atoms with Crippen LogP contribution in [-0.2, 0) is 30.5 Å². The largest absolute Gasteiger partial charge is 0.490 e. The summed E-state index contributed by atoms with van der Waals surface area (Å²) in [4.78, 5) is 16.0. The fourth-order valence-corrected chi connectivity index (χ4v) is 5.56. The Bertz CT molecular complexity index is 1320. The van der Waals surface area contributed by atoms with Gasteiger partial charge >= 0.3 is 6.18 Å². The molecule has 2 aliphatic rings. The van der Waals surface area contributed by atoms with Gasteiger partial charge in [-0.1, -0.05) is 23.7 Å². The first-order valence-corrected chi connectivity index (χ1v) is 13.8. The molecule has 1 unspecified atom stereocenters.